The van der Waals surface area contributed by atoms with E-state index in [0.717, 1.165) is 37.3 Å². The molecule has 0 unspecified atom stereocenters. The smallest absolute Gasteiger partial charge is 0.143 e. The summed E-state index contributed by atoms with van der Waals surface area (Å²) >= 11 is 5.13. The van der Waals surface area contributed by atoms with Gasteiger partial charge in [-0.3, -0.25) is 0 Å². The van der Waals surface area contributed by atoms with E-state index < -0.39 is 0 Å². The first-order valence-corrected chi connectivity index (χ1v) is 9.20. The Bertz CT molecular complexity index is 1010. The van der Waals surface area contributed by atoms with Crippen LogP contribution in [0.3, 0.4) is 0 Å². The van der Waals surface area contributed by atoms with Crippen LogP contribution in [0, 0.1) is 6.92 Å². The van der Waals surface area contributed by atoms with E-state index >= 15 is 0 Å². The Kier molecular flexibility index (Phi) is 5.37. The van der Waals surface area contributed by atoms with Crippen molar-refractivity contribution in [1.29, 1.82) is 0 Å². The van der Waals surface area contributed by atoms with Crippen molar-refractivity contribution in [3.8, 4) is 11.1 Å². The van der Waals surface area contributed by atoms with E-state index in [1.54, 1.807) is 17.7 Å². The third kappa shape index (κ3) is 3.68. The summed E-state index contributed by atoms with van der Waals surface area (Å²) < 4.78 is 1.07. The summed E-state index contributed by atoms with van der Waals surface area (Å²) in [6, 6.07) is 16.6. The second kappa shape index (κ2) is 7.52. The molecule has 0 atom stereocenters. The zero-order valence-corrected chi connectivity index (χ0v) is 16.6. The first kappa shape index (κ1) is 17.9. The molecule has 0 saturated carbocycles. The highest BCUT2D eigenvalue weighted by Gasteiger charge is 2.13. The van der Waals surface area contributed by atoms with Crippen LogP contribution in [0.2, 0.25) is 0 Å². The van der Waals surface area contributed by atoms with Gasteiger partial charge >= 0.3 is 0 Å². The second-order valence-electron chi connectivity index (χ2n) is 5.55. The summed E-state index contributed by atoms with van der Waals surface area (Å²) in [4.78, 5) is 9.89. The fourth-order valence-electron chi connectivity index (χ4n) is 2.67. The minimum Gasteiger partial charge on any atom is -0.340 e. The lowest BCUT2D eigenvalue weighted by Gasteiger charge is -2.09. The highest BCUT2D eigenvalue weighted by Crippen LogP contribution is 2.37. The van der Waals surface area contributed by atoms with Gasteiger partial charge in [0.2, 0.25) is 0 Å². The molecule has 2 aromatic heterocycles. The number of nitrogens with one attached hydrogen (secondary N) is 1. The van der Waals surface area contributed by atoms with Crippen molar-refractivity contribution < 1.29 is 0 Å². The number of anilines is 2. The van der Waals surface area contributed by atoms with Crippen LogP contribution in [0.5, 0.6) is 0 Å². The summed E-state index contributed by atoms with van der Waals surface area (Å²) in [6.07, 6.45) is 1.61. The molecule has 6 heteroatoms. The molecule has 0 fully saturated rings. The third-order valence-corrected chi connectivity index (χ3v) is 5.22. The van der Waals surface area contributed by atoms with Crippen LogP contribution in [0.25, 0.3) is 21.3 Å². The van der Waals surface area contributed by atoms with Crippen molar-refractivity contribution in [3.05, 3.63) is 70.3 Å². The minimum absolute atomic E-state index is 0. The van der Waals surface area contributed by atoms with Crippen LogP contribution in [0.4, 0.5) is 11.5 Å². The lowest BCUT2D eigenvalue weighted by atomic mass is 10.1. The summed E-state index contributed by atoms with van der Waals surface area (Å²) in [6.45, 7) is 2.08. The van der Waals surface area contributed by atoms with Crippen molar-refractivity contribution in [2.45, 2.75) is 6.92 Å². The Morgan fingerprint density at radius 1 is 1.04 bits per heavy atom. The average molecular weight is 433 g/mol. The van der Waals surface area contributed by atoms with Gasteiger partial charge in [-0.25, -0.2) is 9.97 Å². The van der Waals surface area contributed by atoms with Gasteiger partial charge in [0.15, 0.2) is 0 Å². The van der Waals surface area contributed by atoms with Gasteiger partial charge in [0.1, 0.15) is 17.0 Å². The van der Waals surface area contributed by atoms with Gasteiger partial charge in [0.25, 0.3) is 0 Å². The molecule has 0 aliphatic carbocycles. The third-order valence-electron chi connectivity index (χ3n) is 3.81. The average Bonchev–Trinajstić information content (AvgIpc) is 3.01. The number of benzene rings is 2. The first-order valence-electron chi connectivity index (χ1n) is 7.52. The minimum atomic E-state index is 0. The number of fused-ring (bicyclic) bond motifs is 1. The van der Waals surface area contributed by atoms with Crippen molar-refractivity contribution >= 4 is 61.4 Å². The molecule has 0 aliphatic rings. The van der Waals surface area contributed by atoms with Gasteiger partial charge in [-0.15, -0.1) is 23.7 Å². The van der Waals surface area contributed by atoms with Crippen molar-refractivity contribution in [3.63, 3.8) is 0 Å². The van der Waals surface area contributed by atoms with E-state index in [1.165, 1.54) is 5.56 Å². The summed E-state index contributed by atoms with van der Waals surface area (Å²) in [7, 11) is 0. The summed E-state index contributed by atoms with van der Waals surface area (Å²) in [5.74, 6) is 0.838. The summed E-state index contributed by atoms with van der Waals surface area (Å²) in [5, 5.41) is 6.65. The van der Waals surface area contributed by atoms with Crippen LogP contribution in [-0.4, -0.2) is 9.97 Å². The Morgan fingerprint density at radius 3 is 2.60 bits per heavy atom. The zero-order chi connectivity index (χ0) is 16.5. The maximum Gasteiger partial charge on any atom is 0.143 e. The van der Waals surface area contributed by atoms with Gasteiger partial charge in [-0.05, 0) is 42.3 Å². The lowest BCUT2D eigenvalue weighted by molar-refractivity contribution is 1.23. The van der Waals surface area contributed by atoms with Crippen LogP contribution in [0.15, 0.2) is 64.7 Å². The van der Waals surface area contributed by atoms with E-state index in [0.29, 0.717) is 0 Å². The predicted molar refractivity (Wildman–Crippen MR) is 112 cm³/mol. The van der Waals surface area contributed by atoms with Crippen LogP contribution < -0.4 is 5.32 Å². The lowest BCUT2D eigenvalue weighted by Crippen LogP contribution is -1.95. The predicted octanol–water partition coefficient (Wildman–Crippen LogP) is 6.59. The molecule has 0 saturated heterocycles. The Labute approximate surface area is 164 Å². The summed E-state index contributed by atoms with van der Waals surface area (Å²) in [5.41, 5.74) is 4.55. The standard InChI is InChI=1S/C19H14BrN3S.ClH/c1-12-3-2-4-15(9-12)23-18-17-16(10-24-19(17)22-11-21-18)13-5-7-14(20)8-6-13;/h2-11H,1H3,(H,21,22,23);1H. The number of halogens is 2. The van der Waals surface area contributed by atoms with E-state index in [4.69, 9.17) is 0 Å². The molecule has 25 heavy (non-hydrogen) atoms. The largest absolute Gasteiger partial charge is 0.340 e. The zero-order valence-electron chi connectivity index (χ0n) is 13.4. The van der Waals surface area contributed by atoms with Gasteiger partial charge in [0.05, 0.1) is 5.39 Å². The highest BCUT2D eigenvalue weighted by molar-refractivity contribution is 9.10. The van der Waals surface area contributed by atoms with Crippen molar-refractivity contribution in [2.75, 3.05) is 5.32 Å². The van der Waals surface area contributed by atoms with Crippen LogP contribution in [0.1, 0.15) is 5.56 Å². The molecule has 2 aromatic carbocycles. The van der Waals surface area contributed by atoms with E-state index in [-0.39, 0.29) is 12.4 Å². The quantitative estimate of drug-likeness (QED) is 0.396. The molecular formula is C19H15BrClN3S. The number of hydrogen-bond donors (Lipinski definition) is 1. The SMILES string of the molecule is Cc1cccc(Nc2ncnc3scc(-c4ccc(Br)cc4)c23)c1.Cl. The highest BCUT2D eigenvalue weighted by atomic mass is 79.9. The molecule has 0 aliphatic heterocycles. The normalized spacial score (nSPS) is 10.5. The number of rotatable bonds is 3. The molecule has 1 N–H and O–H groups in total. The number of nitrogens with zero attached hydrogens (tertiary/aromatic N) is 2. The fraction of sp³-hybridized carbons (Fsp3) is 0.0526. The van der Waals surface area contributed by atoms with Gasteiger partial charge < -0.3 is 5.32 Å². The van der Waals surface area contributed by atoms with Gasteiger partial charge in [-0.2, -0.15) is 0 Å². The maximum absolute atomic E-state index is 4.48. The molecule has 2 heterocycles. The molecule has 0 radical (unpaired) electrons. The number of aromatic nitrogens is 2. The number of aryl methyl sites for hydroxylation is 1. The van der Waals surface area contributed by atoms with Crippen molar-refractivity contribution in [1.82, 2.24) is 9.97 Å². The number of hydrogen-bond acceptors (Lipinski definition) is 4. The molecule has 0 bridgehead atoms. The first-order chi connectivity index (χ1) is 11.7. The monoisotopic (exact) mass is 431 g/mol. The molecule has 126 valence electrons. The second-order valence-corrected chi connectivity index (χ2v) is 7.33. The topological polar surface area (TPSA) is 37.8 Å². The Hall–Kier alpha value is -1.95. The maximum atomic E-state index is 4.48. The fourth-order valence-corrected chi connectivity index (χ4v) is 3.85. The van der Waals surface area contributed by atoms with Crippen LogP contribution in [-0.2, 0) is 0 Å². The van der Waals surface area contributed by atoms with Crippen molar-refractivity contribution in [2.24, 2.45) is 0 Å². The van der Waals surface area contributed by atoms with Gasteiger partial charge in [-0.1, -0.05) is 40.2 Å². The molecule has 0 spiro atoms. The molecule has 4 rings (SSSR count). The van der Waals surface area contributed by atoms with E-state index in [2.05, 4.69) is 79.9 Å². The van der Waals surface area contributed by atoms with Gasteiger partial charge in [0, 0.05) is 21.1 Å². The Morgan fingerprint density at radius 2 is 1.84 bits per heavy atom. The number of thiophene rings is 1. The Balaban J connectivity index is 0.00000182. The molecule has 3 nitrogen and oxygen atoms in total. The molecule has 0 amide bonds. The molecule has 4 aromatic rings. The van der Waals surface area contributed by atoms with E-state index in [9.17, 15) is 0 Å². The molecular weight excluding hydrogens is 418 g/mol. The van der Waals surface area contributed by atoms with E-state index in [1.807, 2.05) is 12.1 Å². The van der Waals surface area contributed by atoms with Crippen LogP contribution >= 0.6 is 39.7 Å².